The third kappa shape index (κ3) is 14.2. The molecule has 16 nitrogen and oxygen atoms in total. The number of nitrogens with one attached hydrogen (secondary N) is 2. The van der Waals surface area contributed by atoms with E-state index in [-0.39, 0.29) is 70.9 Å². The summed E-state index contributed by atoms with van der Waals surface area (Å²) in [6.45, 7) is 11.9. The van der Waals surface area contributed by atoms with Crippen molar-refractivity contribution in [3.8, 4) is 22.3 Å². The van der Waals surface area contributed by atoms with Crippen LogP contribution in [0.5, 0.6) is 0 Å². The fraction of sp³-hybridized carbons (Fsp3) is 0.362. The predicted octanol–water partition coefficient (Wildman–Crippen LogP) is 9.94. The van der Waals surface area contributed by atoms with Crippen molar-refractivity contribution in [3.63, 3.8) is 0 Å². The van der Waals surface area contributed by atoms with Gasteiger partial charge in [0.25, 0.3) is 5.89 Å². The number of carbonyl (C=O) groups is 4. The highest BCUT2D eigenvalue weighted by atomic mass is 35.5. The van der Waals surface area contributed by atoms with Crippen molar-refractivity contribution in [2.75, 3.05) is 10.6 Å². The molecule has 8 rings (SSSR count). The first-order valence-corrected chi connectivity index (χ1v) is 21.8. The van der Waals surface area contributed by atoms with Crippen molar-refractivity contribution in [2.45, 2.75) is 97.4 Å². The Kier molecular flexibility index (Phi) is 16.9. The molecule has 2 aliphatic rings. The maximum Gasteiger partial charge on any atom is 0.394 e. The number of carbonyl (C=O) groups excluding carboxylic acids is 3. The second kappa shape index (κ2) is 21.9. The molecule has 2 aliphatic carbocycles. The van der Waals surface area contributed by atoms with Crippen molar-refractivity contribution >= 4 is 70.8 Å². The quantitative estimate of drug-likeness (QED) is 0.0835. The molecular formula is C47H52Cl3N9O7. The van der Waals surface area contributed by atoms with Gasteiger partial charge in [-0.2, -0.15) is 9.97 Å². The van der Waals surface area contributed by atoms with Gasteiger partial charge >= 0.3 is 11.9 Å². The van der Waals surface area contributed by atoms with Crippen LogP contribution in [0.25, 0.3) is 22.3 Å². The SMILES string of the molecule is CC(C)(C)c1noc(C(=O)CCc2ccc(-c3ccnc(NC(=O)C4CC4)c3)cc2Cl)n1.CC(C)(C)c1noc(C(=O)O)n1.Cl.NCc1ccc(-c2ccnc(NC(=O)C3CC3)c2)cc1Cl. The standard InChI is InChI=1S/C24H25ClN4O3.C16H16ClN3O.C7H10N2O3.ClH/c1-24(2,3)23-28-22(32-29-23)19(30)9-8-14-4-7-16(12-18(14)25)17-10-11-26-20(13-17)27-21(31)15-5-6-15;17-14-7-11(3-4-13(14)9-18)12-5-6-19-15(8-12)20-16(21)10-1-2-10;1-7(2,3)6-8-4(5(10)11)12-9-6;/h4,7,10-13,15H,5-6,8-9H2,1-3H3,(H,26,27,31);3-8,10H,1-2,9,18H2,(H,19,20,21);1-3H3,(H,10,11);1H. The first-order valence-electron chi connectivity index (χ1n) is 21.1. The number of aryl methyl sites for hydroxylation is 1. The number of carboxylic acids is 1. The number of amides is 2. The Balaban J connectivity index is 0.000000206. The Morgan fingerprint density at radius 1 is 0.667 bits per heavy atom. The van der Waals surface area contributed by atoms with E-state index in [9.17, 15) is 19.2 Å². The first kappa shape index (κ1) is 50.9. The molecule has 5 N–H and O–H groups in total. The molecule has 4 aromatic heterocycles. The molecule has 2 fully saturated rings. The summed E-state index contributed by atoms with van der Waals surface area (Å²) >= 11 is 12.7. The van der Waals surface area contributed by atoms with Crippen LogP contribution < -0.4 is 16.4 Å². The summed E-state index contributed by atoms with van der Waals surface area (Å²) < 4.78 is 9.62. The molecule has 19 heteroatoms. The van der Waals surface area contributed by atoms with E-state index in [2.05, 4.69) is 45.4 Å². The number of rotatable bonds is 12. The number of aromatic nitrogens is 6. The highest BCUT2D eigenvalue weighted by Crippen LogP contribution is 2.33. The topological polar surface area (TPSA) is 242 Å². The number of halogens is 3. The average Bonchev–Trinajstić information content (AvgIpc) is 4.19. The van der Waals surface area contributed by atoms with E-state index in [1.807, 2.05) is 102 Å². The van der Waals surface area contributed by atoms with Crippen molar-refractivity contribution < 1.29 is 33.3 Å². The van der Waals surface area contributed by atoms with E-state index in [0.29, 0.717) is 46.3 Å². The molecule has 0 aliphatic heterocycles. The summed E-state index contributed by atoms with van der Waals surface area (Å²) in [5.41, 5.74) is 10.6. The summed E-state index contributed by atoms with van der Waals surface area (Å²) in [7, 11) is 0. The van der Waals surface area contributed by atoms with E-state index >= 15 is 0 Å². The zero-order valence-electron chi connectivity index (χ0n) is 37.4. The van der Waals surface area contributed by atoms with Crippen LogP contribution in [0.1, 0.15) is 118 Å². The van der Waals surface area contributed by atoms with Crippen LogP contribution >= 0.6 is 35.6 Å². The first-order chi connectivity index (χ1) is 30.8. The van der Waals surface area contributed by atoms with Gasteiger partial charge in [-0.3, -0.25) is 14.4 Å². The van der Waals surface area contributed by atoms with Gasteiger partial charge < -0.3 is 30.5 Å². The number of aromatic carboxylic acids is 1. The lowest BCUT2D eigenvalue weighted by Crippen LogP contribution is -2.14. The van der Waals surface area contributed by atoms with Crippen LogP contribution in [0, 0.1) is 11.8 Å². The highest BCUT2D eigenvalue weighted by molar-refractivity contribution is 6.32. The number of hydrogen-bond acceptors (Lipinski definition) is 13. The third-order valence-electron chi connectivity index (χ3n) is 10.1. The van der Waals surface area contributed by atoms with Crippen LogP contribution in [-0.4, -0.2) is 58.9 Å². The minimum Gasteiger partial charge on any atom is -0.474 e. The lowest BCUT2D eigenvalue weighted by atomic mass is 9.96. The van der Waals surface area contributed by atoms with Crippen LogP contribution in [0.2, 0.25) is 10.0 Å². The lowest BCUT2D eigenvalue weighted by Gasteiger charge is -2.10. The molecular weight excluding hydrogens is 909 g/mol. The number of pyridine rings is 2. The molecule has 2 aromatic carbocycles. The maximum atomic E-state index is 12.5. The molecule has 2 saturated carbocycles. The van der Waals surface area contributed by atoms with Gasteiger partial charge in [0, 0.05) is 58.1 Å². The van der Waals surface area contributed by atoms with Gasteiger partial charge in [0.2, 0.25) is 17.6 Å². The Morgan fingerprint density at radius 2 is 1.09 bits per heavy atom. The third-order valence-corrected chi connectivity index (χ3v) is 10.9. The van der Waals surface area contributed by atoms with Gasteiger partial charge in [-0.25, -0.2) is 14.8 Å². The molecule has 0 unspecified atom stereocenters. The zero-order chi connectivity index (χ0) is 47.1. The normalized spacial score (nSPS) is 13.2. The maximum absolute atomic E-state index is 12.5. The summed E-state index contributed by atoms with van der Waals surface area (Å²) in [6.07, 6.45) is 7.85. The molecule has 4 heterocycles. The van der Waals surface area contributed by atoms with E-state index in [4.69, 9.17) is 38.6 Å². The van der Waals surface area contributed by atoms with Crippen molar-refractivity contribution in [2.24, 2.45) is 17.6 Å². The minimum atomic E-state index is -1.20. The average molecular weight is 961 g/mol. The number of carboxylic acid groups (broad SMARTS) is 1. The number of hydrogen-bond donors (Lipinski definition) is 4. The van der Waals surface area contributed by atoms with Crippen LogP contribution in [0.15, 0.2) is 82.1 Å². The van der Waals surface area contributed by atoms with Gasteiger partial charge in [0.15, 0.2) is 11.6 Å². The van der Waals surface area contributed by atoms with Crippen LogP contribution in [0.3, 0.4) is 0 Å². The molecule has 0 bridgehead atoms. The van der Waals surface area contributed by atoms with E-state index in [0.717, 1.165) is 59.1 Å². The number of anilines is 2. The van der Waals surface area contributed by atoms with Gasteiger partial charge in [-0.15, -0.1) is 12.4 Å². The zero-order valence-corrected chi connectivity index (χ0v) is 39.7. The largest absolute Gasteiger partial charge is 0.474 e. The van der Waals surface area contributed by atoms with E-state index < -0.39 is 5.97 Å². The number of Topliss-reactive ketones (excluding diaryl/α,β-unsaturated/α-hetero) is 1. The van der Waals surface area contributed by atoms with Gasteiger partial charge in [-0.05, 0) is 102 Å². The summed E-state index contributed by atoms with van der Waals surface area (Å²) in [6, 6.07) is 18.9. The van der Waals surface area contributed by atoms with Gasteiger partial charge in [0.1, 0.15) is 11.6 Å². The Bertz CT molecular complexity index is 2680. The molecule has 0 radical (unpaired) electrons. The van der Waals surface area contributed by atoms with Crippen molar-refractivity contribution in [1.29, 1.82) is 0 Å². The Morgan fingerprint density at radius 3 is 1.47 bits per heavy atom. The smallest absolute Gasteiger partial charge is 0.394 e. The molecule has 66 heavy (non-hydrogen) atoms. The number of ketones is 1. The minimum absolute atomic E-state index is 0. The fourth-order valence-corrected chi connectivity index (χ4v) is 6.47. The molecule has 2 amide bonds. The van der Waals surface area contributed by atoms with Gasteiger partial charge in [0.05, 0.1) is 0 Å². The second-order valence-electron chi connectivity index (χ2n) is 17.8. The van der Waals surface area contributed by atoms with Crippen molar-refractivity contribution in [3.05, 3.63) is 118 Å². The highest BCUT2D eigenvalue weighted by Gasteiger charge is 2.31. The molecule has 0 spiro atoms. The molecule has 0 atom stereocenters. The molecule has 348 valence electrons. The lowest BCUT2D eigenvalue weighted by molar-refractivity contribution is -0.118. The van der Waals surface area contributed by atoms with Crippen LogP contribution in [0.4, 0.5) is 11.6 Å². The summed E-state index contributed by atoms with van der Waals surface area (Å²) in [4.78, 5) is 62.9. The Labute approximate surface area is 398 Å². The summed E-state index contributed by atoms with van der Waals surface area (Å²) in [5.74, 6) is 0.616. The van der Waals surface area contributed by atoms with Crippen molar-refractivity contribution in [1.82, 2.24) is 30.2 Å². The second-order valence-corrected chi connectivity index (χ2v) is 18.6. The van der Waals surface area contributed by atoms with E-state index in [1.54, 1.807) is 12.4 Å². The van der Waals surface area contributed by atoms with Crippen LogP contribution in [-0.2, 0) is 33.4 Å². The monoisotopic (exact) mass is 959 g/mol. The van der Waals surface area contributed by atoms with Gasteiger partial charge in [-0.1, -0.05) is 99.3 Å². The number of nitrogens with two attached hydrogens (primary N) is 1. The number of benzene rings is 2. The Hall–Kier alpha value is -6.07. The molecule has 6 aromatic rings. The summed E-state index contributed by atoms with van der Waals surface area (Å²) in [5, 5.41) is 22.8. The molecule has 0 saturated heterocycles. The number of nitrogens with zero attached hydrogens (tertiary/aromatic N) is 6. The van der Waals surface area contributed by atoms with E-state index in [1.165, 1.54) is 0 Å². The predicted molar refractivity (Wildman–Crippen MR) is 253 cm³/mol. The fourth-order valence-electron chi connectivity index (χ4n) is 5.94.